The van der Waals surface area contributed by atoms with Gasteiger partial charge in [-0.3, -0.25) is 9.59 Å². The largest absolute Gasteiger partial charge is 0.481 e. The number of amides is 1. The third kappa shape index (κ3) is 3.98. The second-order valence-corrected chi connectivity index (χ2v) is 4.31. The highest BCUT2D eigenvalue weighted by atomic mass is 32.2. The predicted molar refractivity (Wildman–Crippen MR) is 62.7 cm³/mol. The molecule has 0 bridgehead atoms. The fraction of sp³-hybridized carbons (Fsp3) is 0.400. The monoisotopic (exact) mass is 242 g/mol. The quantitative estimate of drug-likeness (QED) is 0.716. The van der Waals surface area contributed by atoms with Crippen molar-refractivity contribution in [1.29, 1.82) is 0 Å². The summed E-state index contributed by atoms with van der Waals surface area (Å²) in [6.07, 6.45) is 1.80. The van der Waals surface area contributed by atoms with E-state index in [2.05, 4.69) is 5.32 Å². The van der Waals surface area contributed by atoms with Gasteiger partial charge in [-0.2, -0.15) is 0 Å². The lowest BCUT2D eigenvalue weighted by atomic mass is 10.4. The molecule has 0 aliphatic heterocycles. The molecule has 88 valence electrons. The van der Waals surface area contributed by atoms with Crippen LogP contribution in [0.15, 0.2) is 18.3 Å². The van der Waals surface area contributed by atoms with Crippen LogP contribution in [0.1, 0.15) is 10.5 Å². The van der Waals surface area contributed by atoms with Crippen molar-refractivity contribution in [2.45, 2.75) is 0 Å². The first kappa shape index (κ1) is 12.6. The van der Waals surface area contributed by atoms with Crippen LogP contribution in [0.4, 0.5) is 0 Å². The Labute approximate surface area is 97.8 Å². The number of nitrogens with zero attached hydrogens (tertiary/aromatic N) is 1. The van der Waals surface area contributed by atoms with E-state index in [9.17, 15) is 9.59 Å². The van der Waals surface area contributed by atoms with Crippen LogP contribution in [-0.2, 0) is 11.8 Å². The lowest BCUT2D eigenvalue weighted by Gasteiger charge is -2.05. The minimum absolute atomic E-state index is 0.0695. The van der Waals surface area contributed by atoms with E-state index in [0.717, 1.165) is 0 Å². The number of rotatable bonds is 6. The molecule has 0 atom stereocenters. The second-order valence-electron chi connectivity index (χ2n) is 3.21. The van der Waals surface area contributed by atoms with Gasteiger partial charge < -0.3 is 15.0 Å². The SMILES string of the molecule is Cn1cccc1C(=O)NCCSCC(=O)O. The van der Waals surface area contributed by atoms with E-state index in [1.165, 1.54) is 11.8 Å². The van der Waals surface area contributed by atoms with E-state index in [4.69, 9.17) is 5.11 Å². The zero-order chi connectivity index (χ0) is 12.0. The summed E-state index contributed by atoms with van der Waals surface area (Å²) in [4.78, 5) is 21.8. The Balaban J connectivity index is 2.21. The summed E-state index contributed by atoms with van der Waals surface area (Å²) in [7, 11) is 1.80. The number of hydrogen-bond acceptors (Lipinski definition) is 3. The maximum absolute atomic E-state index is 11.6. The summed E-state index contributed by atoms with van der Waals surface area (Å²) in [6, 6.07) is 3.54. The van der Waals surface area contributed by atoms with Crippen molar-refractivity contribution >= 4 is 23.6 Å². The number of aryl methyl sites for hydroxylation is 1. The Morgan fingerprint density at radius 2 is 2.31 bits per heavy atom. The highest BCUT2D eigenvalue weighted by Gasteiger charge is 2.07. The molecule has 0 spiro atoms. The van der Waals surface area contributed by atoms with Gasteiger partial charge in [-0.05, 0) is 12.1 Å². The Hall–Kier alpha value is -1.43. The molecular weight excluding hydrogens is 228 g/mol. The van der Waals surface area contributed by atoms with Crippen molar-refractivity contribution in [3.8, 4) is 0 Å². The number of hydrogen-bond donors (Lipinski definition) is 2. The van der Waals surface area contributed by atoms with Gasteiger partial charge in [-0.25, -0.2) is 0 Å². The number of carbonyl (C=O) groups is 2. The fourth-order valence-electron chi connectivity index (χ4n) is 1.18. The van der Waals surface area contributed by atoms with Crippen LogP contribution in [0.3, 0.4) is 0 Å². The van der Waals surface area contributed by atoms with Gasteiger partial charge in [-0.15, -0.1) is 11.8 Å². The molecule has 1 aromatic rings. The van der Waals surface area contributed by atoms with Crippen LogP contribution in [0.5, 0.6) is 0 Å². The van der Waals surface area contributed by atoms with Crippen molar-refractivity contribution in [2.24, 2.45) is 7.05 Å². The molecule has 0 saturated heterocycles. The molecular formula is C10H14N2O3S. The first-order valence-electron chi connectivity index (χ1n) is 4.80. The average Bonchev–Trinajstić information content (AvgIpc) is 2.63. The molecule has 0 aliphatic rings. The van der Waals surface area contributed by atoms with Crippen LogP contribution in [-0.4, -0.2) is 39.6 Å². The van der Waals surface area contributed by atoms with Crippen molar-refractivity contribution in [2.75, 3.05) is 18.1 Å². The zero-order valence-electron chi connectivity index (χ0n) is 8.97. The van der Waals surface area contributed by atoms with E-state index in [1.54, 1.807) is 29.9 Å². The topological polar surface area (TPSA) is 71.3 Å². The smallest absolute Gasteiger partial charge is 0.313 e. The number of thioether (sulfide) groups is 1. The number of nitrogens with one attached hydrogen (secondary N) is 1. The molecule has 0 saturated carbocycles. The molecule has 1 heterocycles. The molecule has 6 heteroatoms. The lowest BCUT2D eigenvalue weighted by Crippen LogP contribution is -2.27. The number of carboxylic acids is 1. The second kappa shape index (κ2) is 6.22. The third-order valence-electron chi connectivity index (χ3n) is 1.93. The van der Waals surface area contributed by atoms with E-state index in [-0.39, 0.29) is 11.7 Å². The molecule has 0 aliphatic carbocycles. The molecule has 1 rings (SSSR count). The van der Waals surface area contributed by atoms with Crippen LogP contribution < -0.4 is 5.32 Å². The van der Waals surface area contributed by atoms with Crippen molar-refractivity contribution in [1.82, 2.24) is 9.88 Å². The highest BCUT2D eigenvalue weighted by molar-refractivity contribution is 7.99. The Kier molecular flexibility index (Phi) is 4.91. The van der Waals surface area contributed by atoms with Gasteiger partial charge in [-0.1, -0.05) is 0 Å². The van der Waals surface area contributed by atoms with Crippen molar-refractivity contribution in [3.63, 3.8) is 0 Å². The molecule has 1 amide bonds. The maximum Gasteiger partial charge on any atom is 0.313 e. The molecule has 0 aromatic carbocycles. The number of aromatic nitrogens is 1. The first-order chi connectivity index (χ1) is 7.61. The molecule has 5 nitrogen and oxygen atoms in total. The zero-order valence-corrected chi connectivity index (χ0v) is 9.79. The maximum atomic E-state index is 11.6. The van der Waals surface area contributed by atoms with Crippen LogP contribution in [0.2, 0.25) is 0 Å². The minimum atomic E-state index is -0.834. The summed E-state index contributed by atoms with van der Waals surface area (Å²) in [5.41, 5.74) is 0.600. The molecule has 16 heavy (non-hydrogen) atoms. The molecule has 0 radical (unpaired) electrons. The summed E-state index contributed by atoms with van der Waals surface area (Å²) >= 11 is 1.28. The van der Waals surface area contributed by atoms with Crippen molar-refractivity contribution in [3.05, 3.63) is 24.0 Å². The number of aliphatic carboxylic acids is 1. The minimum Gasteiger partial charge on any atom is -0.481 e. The van der Waals surface area contributed by atoms with Gasteiger partial charge >= 0.3 is 5.97 Å². The van der Waals surface area contributed by atoms with Gasteiger partial charge in [0.25, 0.3) is 5.91 Å². The summed E-state index contributed by atoms with van der Waals surface area (Å²) in [5, 5.41) is 11.1. The van der Waals surface area contributed by atoms with Crippen molar-refractivity contribution < 1.29 is 14.7 Å². The standard InChI is InChI=1S/C10H14N2O3S/c1-12-5-2-3-8(12)10(15)11-4-6-16-7-9(13)14/h2-3,5H,4,6-7H2,1H3,(H,11,15)(H,13,14). The van der Waals surface area contributed by atoms with Gasteiger partial charge in [0.05, 0.1) is 5.75 Å². The highest BCUT2D eigenvalue weighted by Crippen LogP contribution is 2.00. The van der Waals surface area contributed by atoms with E-state index in [1.807, 2.05) is 0 Å². The number of carbonyl (C=O) groups excluding carboxylic acids is 1. The lowest BCUT2D eigenvalue weighted by molar-refractivity contribution is -0.133. The normalized spacial score (nSPS) is 10.1. The average molecular weight is 242 g/mol. The van der Waals surface area contributed by atoms with Gasteiger partial charge in [0.15, 0.2) is 0 Å². The number of carboxylic acid groups (broad SMARTS) is 1. The molecule has 2 N–H and O–H groups in total. The predicted octanol–water partition coefficient (Wildman–Crippen LogP) is 0.573. The molecule has 0 unspecified atom stereocenters. The Bertz CT molecular complexity index is 376. The summed E-state index contributed by atoms with van der Waals surface area (Å²) in [5.74, 6) is -0.301. The molecule has 0 fully saturated rings. The first-order valence-corrected chi connectivity index (χ1v) is 5.96. The Morgan fingerprint density at radius 3 is 2.88 bits per heavy atom. The fourth-order valence-corrected chi connectivity index (χ4v) is 1.75. The third-order valence-corrected chi connectivity index (χ3v) is 2.88. The van der Waals surface area contributed by atoms with E-state index in [0.29, 0.717) is 18.0 Å². The van der Waals surface area contributed by atoms with Crippen LogP contribution >= 0.6 is 11.8 Å². The Morgan fingerprint density at radius 1 is 1.56 bits per heavy atom. The van der Waals surface area contributed by atoms with Crippen LogP contribution in [0, 0.1) is 0 Å². The van der Waals surface area contributed by atoms with E-state index < -0.39 is 5.97 Å². The summed E-state index contributed by atoms with van der Waals surface area (Å²) < 4.78 is 1.74. The van der Waals surface area contributed by atoms with Gasteiger partial charge in [0, 0.05) is 25.5 Å². The van der Waals surface area contributed by atoms with Crippen LogP contribution in [0.25, 0.3) is 0 Å². The van der Waals surface area contributed by atoms with Gasteiger partial charge in [0.1, 0.15) is 5.69 Å². The summed E-state index contributed by atoms with van der Waals surface area (Å²) in [6.45, 7) is 0.474. The van der Waals surface area contributed by atoms with Gasteiger partial charge in [0.2, 0.25) is 0 Å². The molecule has 1 aromatic heterocycles. The van der Waals surface area contributed by atoms with E-state index >= 15 is 0 Å².